The lowest BCUT2D eigenvalue weighted by Gasteiger charge is -2.34. The SMILES string of the molecule is CC1CCC(C2(CN)CC2(C)C)CC1. The minimum Gasteiger partial charge on any atom is -0.330 e. The third kappa shape index (κ3) is 1.41. The van der Waals surface area contributed by atoms with Crippen LogP contribution in [-0.2, 0) is 0 Å². The summed E-state index contributed by atoms with van der Waals surface area (Å²) in [7, 11) is 0. The molecule has 2 aliphatic rings. The number of hydrogen-bond acceptors (Lipinski definition) is 1. The molecule has 2 rings (SSSR count). The van der Waals surface area contributed by atoms with Gasteiger partial charge in [0.25, 0.3) is 0 Å². The zero-order valence-corrected chi connectivity index (χ0v) is 9.97. The first-order valence-corrected chi connectivity index (χ1v) is 6.22. The zero-order valence-electron chi connectivity index (χ0n) is 9.97. The minimum absolute atomic E-state index is 0.521. The van der Waals surface area contributed by atoms with Crippen LogP contribution in [-0.4, -0.2) is 6.54 Å². The Morgan fingerprint density at radius 3 is 2.00 bits per heavy atom. The first kappa shape index (κ1) is 10.5. The van der Waals surface area contributed by atoms with E-state index < -0.39 is 0 Å². The van der Waals surface area contributed by atoms with Gasteiger partial charge in [0, 0.05) is 0 Å². The average Bonchev–Trinajstić information content (AvgIpc) is 2.71. The van der Waals surface area contributed by atoms with E-state index in [2.05, 4.69) is 20.8 Å². The Bertz CT molecular complexity index is 213. The van der Waals surface area contributed by atoms with Crippen LogP contribution >= 0.6 is 0 Å². The second-order valence-corrected chi connectivity index (χ2v) is 6.38. The zero-order chi connectivity index (χ0) is 10.4. The first-order valence-electron chi connectivity index (χ1n) is 6.22. The normalized spacial score (nSPS) is 46.3. The van der Waals surface area contributed by atoms with Crippen molar-refractivity contribution in [2.24, 2.45) is 28.4 Å². The van der Waals surface area contributed by atoms with Crippen LogP contribution in [0.15, 0.2) is 0 Å². The van der Waals surface area contributed by atoms with Crippen molar-refractivity contribution in [2.75, 3.05) is 6.54 Å². The molecule has 0 spiro atoms. The van der Waals surface area contributed by atoms with E-state index >= 15 is 0 Å². The van der Waals surface area contributed by atoms with Crippen LogP contribution < -0.4 is 5.73 Å². The summed E-state index contributed by atoms with van der Waals surface area (Å²) in [5.41, 5.74) is 7.07. The molecule has 2 fully saturated rings. The molecule has 0 aromatic rings. The van der Waals surface area contributed by atoms with Gasteiger partial charge in [-0.1, -0.05) is 33.6 Å². The minimum atomic E-state index is 0.521. The van der Waals surface area contributed by atoms with Crippen molar-refractivity contribution in [3.63, 3.8) is 0 Å². The average molecular weight is 195 g/mol. The first-order chi connectivity index (χ1) is 6.52. The summed E-state index contributed by atoms with van der Waals surface area (Å²) in [5, 5.41) is 0. The smallest absolute Gasteiger partial charge is 0.00125 e. The summed E-state index contributed by atoms with van der Waals surface area (Å²) in [4.78, 5) is 0. The van der Waals surface area contributed by atoms with Crippen molar-refractivity contribution in [3.05, 3.63) is 0 Å². The standard InChI is InChI=1S/C13H25N/c1-10-4-6-11(7-5-10)13(9-14)8-12(13,2)3/h10-11H,4-9,14H2,1-3H3. The van der Waals surface area contributed by atoms with Crippen molar-refractivity contribution in [2.45, 2.75) is 52.9 Å². The van der Waals surface area contributed by atoms with Gasteiger partial charge in [-0.25, -0.2) is 0 Å². The number of nitrogens with two attached hydrogens (primary N) is 1. The van der Waals surface area contributed by atoms with Gasteiger partial charge < -0.3 is 5.73 Å². The summed E-state index contributed by atoms with van der Waals surface area (Å²) in [6.45, 7) is 8.11. The van der Waals surface area contributed by atoms with E-state index in [0.717, 1.165) is 18.4 Å². The highest BCUT2D eigenvalue weighted by Gasteiger charge is 2.63. The van der Waals surface area contributed by atoms with Crippen LogP contribution in [0.1, 0.15) is 52.9 Å². The Labute approximate surface area is 88.4 Å². The monoisotopic (exact) mass is 195 g/mol. The van der Waals surface area contributed by atoms with Crippen molar-refractivity contribution in [3.8, 4) is 0 Å². The quantitative estimate of drug-likeness (QED) is 0.719. The highest BCUT2D eigenvalue weighted by molar-refractivity contribution is 5.13. The molecule has 1 nitrogen and oxygen atoms in total. The molecule has 1 atom stereocenters. The maximum absolute atomic E-state index is 6.01. The summed E-state index contributed by atoms with van der Waals surface area (Å²) in [6, 6.07) is 0. The van der Waals surface area contributed by atoms with Crippen LogP contribution in [0.2, 0.25) is 0 Å². The van der Waals surface area contributed by atoms with Crippen molar-refractivity contribution in [1.29, 1.82) is 0 Å². The fourth-order valence-corrected chi connectivity index (χ4v) is 3.77. The van der Waals surface area contributed by atoms with Crippen LogP contribution in [0, 0.1) is 22.7 Å². The van der Waals surface area contributed by atoms with Gasteiger partial charge in [0.2, 0.25) is 0 Å². The maximum Gasteiger partial charge on any atom is -0.00125 e. The Kier molecular flexibility index (Phi) is 2.42. The van der Waals surface area contributed by atoms with E-state index in [1.165, 1.54) is 32.1 Å². The molecule has 0 amide bonds. The van der Waals surface area contributed by atoms with Gasteiger partial charge in [-0.2, -0.15) is 0 Å². The number of rotatable bonds is 2. The lowest BCUT2D eigenvalue weighted by atomic mass is 9.71. The molecule has 0 radical (unpaired) electrons. The molecular formula is C13H25N. The summed E-state index contributed by atoms with van der Waals surface area (Å²) < 4.78 is 0. The molecule has 0 saturated heterocycles. The second kappa shape index (κ2) is 3.23. The molecule has 0 bridgehead atoms. The predicted octanol–water partition coefficient (Wildman–Crippen LogP) is 3.19. The van der Waals surface area contributed by atoms with Gasteiger partial charge in [-0.05, 0) is 48.5 Å². The molecule has 82 valence electrons. The third-order valence-electron chi connectivity index (χ3n) is 5.14. The third-order valence-corrected chi connectivity index (χ3v) is 5.14. The van der Waals surface area contributed by atoms with Gasteiger partial charge in [0.05, 0.1) is 0 Å². The summed E-state index contributed by atoms with van der Waals surface area (Å²) >= 11 is 0. The fraction of sp³-hybridized carbons (Fsp3) is 1.00. The second-order valence-electron chi connectivity index (χ2n) is 6.38. The Morgan fingerprint density at radius 1 is 1.14 bits per heavy atom. The number of hydrogen-bond donors (Lipinski definition) is 1. The van der Waals surface area contributed by atoms with Crippen LogP contribution in [0.4, 0.5) is 0 Å². The van der Waals surface area contributed by atoms with E-state index in [4.69, 9.17) is 5.73 Å². The van der Waals surface area contributed by atoms with E-state index in [9.17, 15) is 0 Å². The molecule has 0 aliphatic heterocycles. The van der Waals surface area contributed by atoms with Crippen molar-refractivity contribution >= 4 is 0 Å². The molecule has 2 saturated carbocycles. The van der Waals surface area contributed by atoms with E-state index in [1.54, 1.807) is 0 Å². The Morgan fingerprint density at radius 2 is 1.64 bits per heavy atom. The lowest BCUT2D eigenvalue weighted by molar-refractivity contribution is 0.167. The van der Waals surface area contributed by atoms with Crippen LogP contribution in [0.25, 0.3) is 0 Å². The van der Waals surface area contributed by atoms with E-state index in [-0.39, 0.29) is 0 Å². The van der Waals surface area contributed by atoms with Gasteiger partial charge in [0.15, 0.2) is 0 Å². The van der Waals surface area contributed by atoms with Crippen molar-refractivity contribution < 1.29 is 0 Å². The summed E-state index contributed by atoms with van der Waals surface area (Å²) in [5.74, 6) is 1.89. The predicted molar refractivity (Wildman–Crippen MR) is 61.0 cm³/mol. The molecule has 1 heteroatoms. The lowest BCUT2D eigenvalue weighted by Crippen LogP contribution is -2.32. The Hall–Kier alpha value is -0.0400. The molecular weight excluding hydrogens is 170 g/mol. The summed E-state index contributed by atoms with van der Waals surface area (Å²) in [6.07, 6.45) is 7.10. The highest BCUT2D eigenvalue weighted by Crippen LogP contribution is 2.69. The van der Waals surface area contributed by atoms with Crippen LogP contribution in [0.3, 0.4) is 0 Å². The highest BCUT2D eigenvalue weighted by atomic mass is 14.8. The molecule has 0 heterocycles. The molecule has 2 aliphatic carbocycles. The Balaban J connectivity index is 2.01. The van der Waals surface area contributed by atoms with Gasteiger partial charge in [-0.15, -0.1) is 0 Å². The van der Waals surface area contributed by atoms with E-state index in [1.807, 2.05) is 0 Å². The molecule has 1 unspecified atom stereocenters. The van der Waals surface area contributed by atoms with Gasteiger partial charge in [-0.3, -0.25) is 0 Å². The van der Waals surface area contributed by atoms with E-state index in [0.29, 0.717) is 10.8 Å². The largest absolute Gasteiger partial charge is 0.330 e. The van der Waals surface area contributed by atoms with Gasteiger partial charge in [0.1, 0.15) is 0 Å². The molecule has 14 heavy (non-hydrogen) atoms. The van der Waals surface area contributed by atoms with Crippen LogP contribution in [0.5, 0.6) is 0 Å². The van der Waals surface area contributed by atoms with Crippen molar-refractivity contribution in [1.82, 2.24) is 0 Å². The fourth-order valence-electron chi connectivity index (χ4n) is 3.77. The maximum atomic E-state index is 6.01. The topological polar surface area (TPSA) is 26.0 Å². The molecule has 0 aromatic carbocycles. The molecule has 2 N–H and O–H groups in total. The van der Waals surface area contributed by atoms with Gasteiger partial charge >= 0.3 is 0 Å². The molecule has 0 aromatic heterocycles.